The average molecular weight is 288 g/mol. The second-order valence-corrected chi connectivity index (χ2v) is 5.50. The Morgan fingerprint density at radius 3 is 2.67 bits per heavy atom. The van der Waals surface area contributed by atoms with Crippen LogP contribution in [0.2, 0.25) is 0 Å². The van der Waals surface area contributed by atoms with Crippen LogP contribution in [0.1, 0.15) is 55.9 Å². The van der Waals surface area contributed by atoms with Gasteiger partial charge in [-0.25, -0.2) is 0 Å². The van der Waals surface area contributed by atoms with E-state index < -0.39 is 5.60 Å². The van der Waals surface area contributed by atoms with Crippen LogP contribution in [0.3, 0.4) is 0 Å². The van der Waals surface area contributed by atoms with Gasteiger partial charge in [0.2, 0.25) is 0 Å². The van der Waals surface area contributed by atoms with E-state index in [4.69, 9.17) is 9.26 Å². The Kier molecular flexibility index (Phi) is 4.24. The van der Waals surface area contributed by atoms with E-state index in [1.165, 1.54) is 12.8 Å². The molecule has 0 spiro atoms. The lowest BCUT2D eigenvalue weighted by atomic mass is 9.94. The standard InChI is InChI=1S/C15H20N4O2/c1-20-15(6-4-2-3-5-7-15)14-18-13(19-21-14)10-12-11-16-8-9-17-12/h8-9,11H,2-7,10H2,1H3. The normalized spacial score (nSPS) is 18.3. The van der Waals surface area contributed by atoms with Gasteiger partial charge in [0, 0.05) is 25.7 Å². The summed E-state index contributed by atoms with van der Waals surface area (Å²) in [5.41, 5.74) is 0.418. The van der Waals surface area contributed by atoms with E-state index >= 15 is 0 Å². The van der Waals surface area contributed by atoms with E-state index in [1.807, 2.05) is 0 Å². The van der Waals surface area contributed by atoms with Crippen molar-refractivity contribution in [2.75, 3.05) is 7.11 Å². The highest BCUT2D eigenvalue weighted by Gasteiger charge is 2.38. The number of hydrogen-bond acceptors (Lipinski definition) is 6. The molecule has 6 heteroatoms. The molecule has 2 heterocycles. The van der Waals surface area contributed by atoms with Gasteiger partial charge >= 0.3 is 0 Å². The number of methoxy groups -OCH3 is 1. The molecule has 0 aliphatic heterocycles. The van der Waals surface area contributed by atoms with E-state index in [-0.39, 0.29) is 0 Å². The van der Waals surface area contributed by atoms with Crippen molar-refractivity contribution in [1.82, 2.24) is 20.1 Å². The number of nitrogens with zero attached hydrogens (tertiary/aromatic N) is 4. The summed E-state index contributed by atoms with van der Waals surface area (Å²) in [6.45, 7) is 0. The third-order valence-electron chi connectivity index (χ3n) is 4.12. The molecule has 0 bridgehead atoms. The van der Waals surface area contributed by atoms with Crippen molar-refractivity contribution in [2.45, 2.75) is 50.5 Å². The van der Waals surface area contributed by atoms with E-state index in [2.05, 4.69) is 20.1 Å². The smallest absolute Gasteiger partial charge is 0.258 e. The second-order valence-electron chi connectivity index (χ2n) is 5.50. The van der Waals surface area contributed by atoms with Crippen molar-refractivity contribution in [3.8, 4) is 0 Å². The summed E-state index contributed by atoms with van der Waals surface area (Å²) >= 11 is 0. The molecule has 0 saturated heterocycles. The summed E-state index contributed by atoms with van der Waals surface area (Å²) in [6, 6.07) is 0. The van der Waals surface area contributed by atoms with Crippen molar-refractivity contribution in [3.63, 3.8) is 0 Å². The number of hydrogen-bond donors (Lipinski definition) is 0. The molecular formula is C15H20N4O2. The van der Waals surface area contributed by atoms with Crippen LogP contribution in [0.15, 0.2) is 23.1 Å². The zero-order valence-electron chi connectivity index (χ0n) is 12.3. The number of rotatable bonds is 4. The van der Waals surface area contributed by atoms with Gasteiger partial charge in [0.1, 0.15) is 5.60 Å². The van der Waals surface area contributed by atoms with Crippen LogP contribution < -0.4 is 0 Å². The van der Waals surface area contributed by atoms with Crippen molar-refractivity contribution >= 4 is 0 Å². The first kappa shape index (κ1) is 14.1. The minimum atomic E-state index is -0.413. The maximum Gasteiger partial charge on any atom is 0.258 e. The van der Waals surface area contributed by atoms with Gasteiger partial charge in [-0.2, -0.15) is 4.98 Å². The minimum absolute atomic E-state index is 0.413. The highest BCUT2D eigenvalue weighted by atomic mass is 16.5. The van der Waals surface area contributed by atoms with Crippen LogP contribution in [0, 0.1) is 0 Å². The molecule has 2 aromatic rings. The van der Waals surface area contributed by atoms with Gasteiger partial charge in [-0.05, 0) is 12.8 Å². The van der Waals surface area contributed by atoms with E-state index in [9.17, 15) is 0 Å². The van der Waals surface area contributed by atoms with Crippen LogP contribution in [0.25, 0.3) is 0 Å². The highest BCUT2D eigenvalue weighted by Crippen LogP contribution is 2.38. The van der Waals surface area contributed by atoms with Crippen molar-refractivity contribution in [3.05, 3.63) is 36.0 Å². The zero-order chi connectivity index (χ0) is 14.5. The molecule has 6 nitrogen and oxygen atoms in total. The van der Waals surface area contributed by atoms with Gasteiger partial charge in [0.25, 0.3) is 5.89 Å². The SMILES string of the molecule is COC1(c2nc(Cc3cnccn3)no2)CCCCCC1. The van der Waals surface area contributed by atoms with Gasteiger partial charge in [0.15, 0.2) is 5.82 Å². The number of ether oxygens (including phenoxy) is 1. The fraction of sp³-hybridized carbons (Fsp3) is 0.600. The summed E-state index contributed by atoms with van der Waals surface area (Å²) in [4.78, 5) is 12.8. The Bertz CT molecular complexity index is 562. The molecule has 1 fully saturated rings. The van der Waals surface area contributed by atoms with E-state index in [0.29, 0.717) is 18.1 Å². The molecule has 0 amide bonds. The summed E-state index contributed by atoms with van der Waals surface area (Å²) in [5, 5.41) is 4.08. The molecule has 1 aliphatic rings. The fourth-order valence-corrected chi connectivity index (χ4v) is 2.90. The summed E-state index contributed by atoms with van der Waals surface area (Å²) in [5.74, 6) is 1.23. The number of aromatic nitrogens is 4. The minimum Gasteiger partial charge on any atom is -0.368 e. The van der Waals surface area contributed by atoms with Gasteiger partial charge in [-0.15, -0.1) is 0 Å². The van der Waals surface area contributed by atoms with E-state index in [0.717, 1.165) is 31.4 Å². The van der Waals surface area contributed by atoms with Crippen LogP contribution in [0.4, 0.5) is 0 Å². The molecule has 21 heavy (non-hydrogen) atoms. The van der Waals surface area contributed by atoms with Gasteiger partial charge in [0.05, 0.1) is 12.1 Å². The highest BCUT2D eigenvalue weighted by molar-refractivity contribution is 5.07. The Labute approximate surface area is 124 Å². The Balaban J connectivity index is 1.79. The van der Waals surface area contributed by atoms with Crippen molar-refractivity contribution in [1.29, 1.82) is 0 Å². The molecule has 2 aromatic heterocycles. The van der Waals surface area contributed by atoms with Crippen LogP contribution in [-0.4, -0.2) is 27.2 Å². The molecule has 0 radical (unpaired) electrons. The predicted octanol–water partition coefficient (Wildman–Crippen LogP) is 2.65. The van der Waals surface area contributed by atoms with Gasteiger partial charge in [-0.3, -0.25) is 9.97 Å². The molecule has 0 N–H and O–H groups in total. The molecule has 112 valence electrons. The molecule has 0 aromatic carbocycles. The van der Waals surface area contributed by atoms with Crippen molar-refractivity contribution in [2.24, 2.45) is 0 Å². The van der Waals surface area contributed by atoms with E-state index in [1.54, 1.807) is 25.7 Å². The molecule has 1 aliphatic carbocycles. The third kappa shape index (κ3) is 3.10. The average Bonchev–Trinajstić information content (AvgIpc) is 2.85. The van der Waals surface area contributed by atoms with Crippen LogP contribution in [-0.2, 0) is 16.8 Å². The Hall–Kier alpha value is -1.82. The van der Waals surface area contributed by atoms with Crippen LogP contribution in [0.5, 0.6) is 0 Å². The zero-order valence-corrected chi connectivity index (χ0v) is 12.3. The Morgan fingerprint density at radius 2 is 2.00 bits per heavy atom. The second kappa shape index (κ2) is 6.30. The molecule has 0 unspecified atom stereocenters. The van der Waals surface area contributed by atoms with Gasteiger partial charge < -0.3 is 9.26 Å². The summed E-state index contributed by atoms with van der Waals surface area (Å²) in [6.07, 6.45) is 12.2. The largest absolute Gasteiger partial charge is 0.368 e. The predicted molar refractivity (Wildman–Crippen MR) is 75.5 cm³/mol. The summed E-state index contributed by atoms with van der Waals surface area (Å²) in [7, 11) is 1.73. The first-order chi connectivity index (χ1) is 10.3. The van der Waals surface area contributed by atoms with Crippen LogP contribution >= 0.6 is 0 Å². The first-order valence-electron chi connectivity index (χ1n) is 7.45. The topological polar surface area (TPSA) is 73.9 Å². The maximum absolute atomic E-state index is 5.78. The first-order valence-corrected chi connectivity index (χ1v) is 7.45. The van der Waals surface area contributed by atoms with Crippen molar-refractivity contribution < 1.29 is 9.26 Å². The third-order valence-corrected chi connectivity index (χ3v) is 4.12. The molecule has 3 rings (SSSR count). The molecule has 0 atom stereocenters. The lowest BCUT2D eigenvalue weighted by Gasteiger charge is -2.26. The molecular weight excluding hydrogens is 268 g/mol. The molecule has 1 saturated carbocycles. The summed E-state index contributed by atoms with van der Waals surface area (Å²) < 4.78 is 11.3. The van der Waals surface area contributed by atoms with Gasteiger partial charge in [-0.1, -0.05) is 30.8 Å². The quantitative estimate of drug-likeness (QED) is 0.805. The fourth-order valence-electron chi connectivity index (χ4n) is 2.90. The monoisotopic (exact) mass is 288 g/mol. The lowest BCUT2D eigenvalue weighted by Crippen LogP contribution is -2.28. The lowest BCUT2D eigenvalue weighted by molar-refractivity contribution is -0.0520. The Morgan fingerprint density at radius 1 is 1.19 bits per heavy atom. The maximum atomic E-state index is 5.78.